The average molecular weight is 397 g/mol. The topological polar surface area (TPSA) is 32.8 Å². The van der Waals surface area contributed by atoms with Gasteiger partial charge in [-0.15, -0.1) is 0 Å². The van der Waals surface area contributed by atoms with Crippen molar-refractivity contribution in [3.05, 3.63) is 63.9 Å². The van der Waals surface area contributed by atoms with Crippen LogP contribution in [0.3, 0.4) is 0 Å². The highest BCUT2D eigenvalue weighted by Gasteiger charge is 2.21. The third-order valence-electron chi connectivity index (χ3n) is 4.29. The van der Waals surface area contributed by atoms with Gasteiger partial charge < -0.3 is 9.64 Å². The molecule has 0 radical (unpaired) electrons. The average Bonchev–Trinajstić information content (AvgIpc) is 2.63. The fraction of sp³-hybridized carbons (Fsp3) is 0.316. The first-order valence-electron chi connectivity index (χ1n) is 8.34. The lowest BCUT2D eigenvalue weighted by Crippen LogP contribution is -2.49. The number of halogens is 3. The van der Waals surface area contributed by atoms with Crippen LogP contribution in [-0.2, 0) is 11.3 Å². The molecule has 0 saturated carbocycles. The summed E-state index contributed by atoms with van der Waals surface area (Å²) in [5, 5.41) is 1.01. The molecule has 1 saturated heterocycles. The van der Waals surface area contributed by atoms with Crippen LogP contribution in [0.2, 0.25) is 10.0 Å². The van der Waals surface area contributed by atoms with E-state index in [1.807, 2.05) is 24.3 Å². The van der Waals surface area contributed by atoms with Crippen LogP contribution in [0.1, 0.15) is 5.56 Å². The zero-order chi connectivity index (χ0) is 18.5. The molecule has 4 nitrogen and oxygen atoms in total. The maximum absolute atomic E-state index is 13.7. The molecule has 1 aliphatic rings. The van der Waals surface area contributed by atoms with Gasteiger partial charge in [-0.05, 0) is 35.9 Å². The Morgan fingerprint density at radius 3 is 2.31 bits per heavy atom. The van der Waals surface area contributed by atoms with Gasteiger partial charge in [0, 0.05) is 42.8 Å². The molecule has 1 aliphatic heterocycles. The van der Waals surface area contributed by atoms with Crippen LogP contribution in [0.15, 0.2) is 42.5 Å². The molecule has 1 heterocycles. The smallest absolute Gasteiger partial charge is 0.260 e. The molecule has 7 heteroatoms. The summed E-state index contributed by atoms with van der Waals surface area (Å²) in [4.78, 5) is 16.3. The van der Waals surface area contributed by atoms with Gasteiger partial charge in [-0.2, -0.15) is 0 Å². The third kappa shape index (κ3) is 5.10. The fourth-order valence-electron chi connectivity index (χ4n) is 2.83. The molecule has 2 aromatic rings. The summed E-state index contributed by atoms with van der Waals surface area (Å²) in [5.74, 6) is -0.687. The predicted octanol–water partition coefficient (Wildman–Crippen LogP) is 3.86. The Labute approximate surface area is 162 Å². The first kappa shape index (κ1) is 19.0. The predicted molar refractivity (Wildman–Crippen MR) is 100 cm³/mol. The Hall–Kier alpha value is -1.82. The summed E-state index contributed by atoms with van der Waals surface area (Å²) >= 11 is 11.6. The van der Waals surface area contributed by atoms with Crippen LogP contribution in [0.25, 0.3) is 0 Å². The minimum atomic E-state index is -0.571. The number of carbonyl (C=O) groups excluding carboxylic acids is 1. The van der Waals surface area contributed by atoms with E-state index in [1.54, 1.807) is 4.90 Å². The van der Waals surface area contributed by atoms with E-state index in [0.29, 0.717) is 13.1 Å². The minimum absolute atomic E-state index is 0.0316. The molecule has 0 aliphatic carbocycles. The Morgan fingerprint density at radius 2 is 1.65 bits per heavy atom. The lowest BCUT2D eigenvalue weighted by atomic mass is 10.2. The highest BCUT2D eigenvalue weighted by atomic mass is 35.5. The van der Waals surface area contributed by atoms with Crippen LogP contribution in [0.4, 0.5) is 4.39 Å². The van der Waals surface area contributed by atoms with Crippen LogP contribution in [-0.4, -0.2) is 48.5 Å². The van der Waals surface area contributed by atoms with Crippen molar-refractivity contribution in [3.63, 3.8) is 0 Å². The van der Waals surface area contributed by atoms with E-state index in [4.69, 9.17) is 27.9 Å². The second-order valence-corrected chi connectivity index (χ2v) is 7.02. The monoisotopic (exact) mass is 396 g/mol. The fourth-order valence-corrected chi connectivity index (χ4v) is 3.11. The Morgan fingerprint density at radius 1 is 1.00 bits per heavy atom. The zero-order valence-electron chi connectivity index (χ0n) is 14.1. The standard InChI is InChI=1S/C19H19Cl2FN2O2/c20-15-3-1-14(2-4-15)12-23-7-9-24(10-8-23)19(25)13-26-18-6-5-16(21)11-17(18)22/h1-6,11H,7-10,12-13H2. The molecule has 0 unspecified atom stereocenters. The molecule has 1 amide bonds. The van der Waals surface area contributed by atoms with E-state index in [1.165, 1.54) is 17.7 Å². The number of hydrogen-bond acceptors (Lipinski definition) is 3. The molecule has 1 fully saturated rings. The van der Waals surface area contributed by atoms with E-state index < -0.39 is 5.82 Å². The number of benzene rings is 2. The summed E-state index contributed by atoms with van der Waals surface area (Å²) < 4.78 is 19.0. The Balaban J connectivity index is 1.45. The highest BCUT2D eigenvalue weighted by Crippen LogP contribution is 2.21. The van der Waals surface area contributed by atoms with Crippen LogP contribution in [0.5, 0.6) is 5.75 Å². The number of hydrogen-bond donors (Lipinski definition) is 0. The van der Waals surface area contributed by atoms with Crippen molar-refractivity contribution >= 4 is 29.1 Å². The second-order valence-electron chi connectivity index (χ2n) is 6.15. The maximum Gasteiger partial charge on any atom is 0.260 e. The van der Waals surface area contributed by atoms with Crippen molar-refractivity contribution in [2.24, 2.45) is 0 Å². The highest BCUT2D eigenvalue weighted by molar-refractivity contribution is 6.30. The SMILES string of the molecule is O=C(COc1ccc(Cl)cc1F)N1CCN(Cc2ccc(Cl)cc2)CC1. The largest absolute Gasteiger partial charge is 0.481 e. The minimum Gasteiger partial charge on any atom is -0.481 e. The molecule has 26 heavy (non-hydrogen) atoms. The van der Waals surface area contributed by atoms with E-state index in [-0.39, 0.29) is 23.3 Å². The van der Waals surface area contributed by atoms with Gasteiger partial charge in [-0.3, -0.25) is 9.69 Å². The number of amides is 1. The van der Waals surface area contributed by atoms with Gasteiger partial charge in [0.1, 0.15) is 0 Å². The van der Waals surface area contributed by atoms with E-state index in [2.05, 4.69) is 4.90 Å². The van der Waals surface area contributed by atoms with Crippen molar-refractivity contribution in [2.45, 2.75) is 6.54 Å². The van der Waals surface area contributed by atoms with Gasteiger partial charge in [0.05, 0.1) is 0 Å². The van der Waals surface area contributed by atoms with Crippen molar-refractivity contribution < 1.29 is 13.9 Å². The van der Waals surface area contributed by atoms with Gasteiger partial charge in [-0.1, -0.05) is 35.3 Å². The van der Waals surface area contributed by atoms with Crippen molar-refractivity contribution in [1.29, 1.82) is 0 Å². The van der Waals surface area contributed by atoms with Crippen molar-refractivity contribution in [2.75, 3.05) is 32.8 Å². The summed E-state index contributed by atoms with van der Waals surface area (Å²) in [6.07, 6.45) is 0. The second kappa shape index (κ2) is 8.71. The van der Waals surface area contributed by atoms with E-state index >= 15 is 0 Å². The molecule has 138 valence electrons. The molecule has 0 bridgehead atoms. The van der Waals surface area contributed by atoms with Crippen LogP contribution in [0, 0.1) is 5.82 Å². The van der Waals surface area contributed by atoms with Gasteiger partial charge >= 0.3 is 0 Å². The number of carbonyl (C=O) groups is 1. The molecule has 0 aromatic heterocycles. The third-order valence-corrected chi connectivity index (χ3v) is 4.78. The van der Waals surface area contributed by atoms with Gasteiger partial charge in [0.15, 0.2) is 18.2 Å². The van der Waals surface area contributed by atoms with Gasteiger partial charge in [-0.25, -0.2) is 4.39 Å². The van der Waals surface area contributed by atoms with Gasteiger partial charge in [0.2, 0.25) is 0 Å². The Kier molecular flexibility index (Phi) is 6.35. The molecular formula is C19H19Cl2FN2O2. The normalized spacial score (nSPS) is 15.1. The quantitative estimate of drug-likeness (QED) is 0.769. The molecule has 3 rings (SSSR count). The van der Waals surface area contributed by atoms with Crippen LogP contribution < -0.4 is 4.74 Å². The number of ether oxygens (including phenoxy) is 1. The number of rotatable bonds is 5. The first-order valence-corrected chi connectivity index (χ1v) is 9.09. The maximum atomic E-state index is 13.7. The lowest BCUT2D eigenvalue weighted by Gasteiger charge is -2.34. The molecule has 0 spiro atoms. The molecule has 0 atom stereocenters. The zero-order valence-corrected chi connectivity index (χ0v) is 15.6. The van der Waals surface area contributed by atoms with Crippen molar-refractivity contribution in [1.82, 2.24) is 9.80 Å². The lowest BCUT2D eigenvalue weighted by molar-refractivity contribution is -0.135. The molecule has 2 aromatic carbocycles. The summed E-state index contributed by atoms with van der Waals surface area (Å²) in [6, 6.07) is 11.9. The summed E-state index contributed by atoms with van der Waals surface area (Å²) in [7, 11) is 0. The van der Waals surface area contributed by atoms with Crippen molar-refractivity contribution in [3.8, 4) is 5.75 Å². The first-order chi connectivity index (χ1) is 12.5. The van der Waals surface area contributed by atoms with Crippen LogP contribution >= 0.6 is 23.2 Å². The van der Waals surface area contributed by atoms with E-state index in [0.717, 1.165) is 30.7 Å². The van der Waals surface area contributed by atoms with E-state index in [9.17, 15) is 9.18 Å². The molecular weight excluding hydrogens is 378 g/mol. The Bertz CT molecular complexity index is 763. The van der Waals surface area contributed by atoms with Gasteiger partial charge in [0.25, 0.3) is 5.91 Å². The number of piperazine rings is 1. The summed E-state index contributed by atoms with van der Waals surface area (Å²) in [5.41, 5.74) is 1.19. The summed E-state index contributed by atoms with van der Waals surface area (Å²) in [6.45, 7) is 3.45. The number of nitrogens with zero attached hydrogens (tertiary/aromatic N) is 2. The molecule has 0 N–H and O–H groups in total.